The molecule has 120 valence electrons. The molecule has 1 aromatic rings. The predicted octanol–water partition coefficient (Wildman–Crippen LogP) is 2.05. The number of benzene rings is 1. The van der Waals surface area contributed by atoms with Crippen molar-refractivity contribution in [2.24, 2.45) is 11.8 Å². The molecule has 1 unspecified atom stereocenters. The van der Waals surface area contributed by atoms with E-state index >= 15 is 0 Å². The Bertz CT molecular complexity index is 506. The molecule has 3 rings (SSSR count). The first-order valence-corrected chi connectivity index (χ1v) is 8.05. The molecule has 1 aromatic carbocycles. The lowest BCUT2D eigenvalue weighted by Crippen LogP contribution is -2.41. The highest BCUT2D eigenvalue weighted by Gasteiger charge is 2.32. The van der Waals surface area contributed by atoms with Crippen LogP contribution in [0.15, 0.2) is 24.3 Å². The highest BCUT2D eigenvalue weighted by molar-refractivity contribution is 5.80. The van der Waals surface area contributed by atoms with Crippen LogP contribution in [0.1, 0.15) is 19.8 Å². The zero-order valence-corrected chi connectivity index (χ0v) is 12.9. The van der Waals surface area contributed by atoms with Crippen molar-refractivity contribution in [2.75, 3.05) is 26.2 Å². The van der Waals surface area contributed by atoms with Crippen molar-refractivity contribution in [3.05, 3.63) is 30.1 Å². The van der Waals surface area contributed by atoms with Crippen LogP contribution in [-0.4, -0.2) is 43.1 Å². The average molecular weight is 306 g/mol. The molecular weight excluding hydrogens is 283 g/mol. The number of likely N-dealkylation sites (tertiary alicyclic amines) is 1. The van der Waals surface area contributed by atoms with E-state index in [1.807, 2.05) is 4.90 Å². The lowest BCUT2D eigenvalue weighted by Gasteiger charge is -2.25. The average Bonchev–Trinajstić information content (AvgIpc) is 2.87. The molecule has 0 radical (unpaired) electrons. The monoisotopic (exact) mass is 306 g/mol. The van der Waals surface area contributed by atoms with Gasteiger partial charge in [0.1, 0.15) is 11.6 Å². The van der Waals surface area contributed by atoms with Gasteiger partial charge in [0.05, 0.1) is 0 Å². The SMILES string of the molecule is CC(Oc1ccc(F)cc1)C(=O)N1CC[C@@H]2CNC[C@@H]2CC1. The summed E-state index contributed by atoms with van der Waals surface area (Å²) in [6.07, 6.45) is 1.58. The third kappa shape index (κ3) is 3.40. The molecule has 0 spiro atoms. The summed E-state index contributed by atoms with van der Waals surface area (Å²) in [5.41, 5.74) is 0. The predicted molar refractivity (Wildman–Crippen MR) is 82.2 cm³/mol. The van der Waals surface area contributed by atoms with Gasteiger partial charge in [-0.15, -0.1) is 0 Å². The van der Waals surface area contributed by atoms with E-state index in [1.54, 1.807) is 19.1 Å². The van der Waals surface area contributed by atoms with Crippen LogP contribution in [-0.2, 0) is 4.79 Å². The van der Waals surface area contributed by atoms with Gasteiger partial charge in [-0.3, -0.25) is 4.79 Å². The maximum Gasteiger partial charge on any atom is 0.263 e. The van der Waals surface area contributed by atoms with Gasteiger partial charge in [0, 0.05) is 13.1 Å². The minimum Gasteiger partial charge on any atom is -0.481 e. The molecule has 2 fully saturated rings. The van der Waals surface area contributed by atoms with Gasteiger partial charge in [0.15, 0.2) is 6.10 Å². The fourth-order valence-electron chi connectivity index (χ4n) is 3.46. The maximum atomic E-state index is 12.9. The fourth-order valence-corrected chi connectivity index (χ4v) is 3.46. The normalized spacial score (nSPS) is 26.2. The van der Waals surface area contributed by atoms with Crippen molar-refractivity contribution < 1.29 is 13.9 Å². The van der Waals surface area contributed by atoms with Crippen molar-refractivity contribution in [3.63, 3.8) is 0 Å². The highest BCUT2D eigenvalue weighted by atomic mass is 19.1. The van der Waals surface area contributed by atoms with E-state index in [0.29, 0.717) is 17.6 Å². The van der Waals surface area contributed by atoms with Gasteiger partial charge in [0.25, 0.3) is 5.91 Å². The van der Waals surface area contributed by atoms with Crippen LogP contribution in [0.3, 0.4) is 0 Å². The second kappa shape index (κ2) is 6.65. The molecule has 2 heterocycles. The Morgan fingerprint density at radius 1 is 1.23 bits per heavy atom. The third-order valence-corrected chi connectivity index (χ3v) is 4.81. The van der Waals surface area contributed by atoms with E-state index in [2.05, 4.69) is 5.32 Å². The molecule has 2 aliphatic heterocycles. The standard InChI is InChI=1S/C17H23FN2O2/c1-12(22-16-4-2-15(18)3-5-16)17(21)20-8-6-13-10-19-11-14(13)7-9-20/h2-5,12-14,19H,6-11H2,1H3/t12?,13-,14+. The number of nitrogens with one attached hydrogen (secondary N) is 1. The molecule has 2 aliphatic rings. The Morgan fingerprint density at radius 2 is 1.82 bits per heavy atom. The van der Waals surface area contributed by atoms with Gasteiger partial charge in [-0.2, -0.15) is 0 Å². The molecule has 1 amide bonds. The molecule has 4 nitrogen and oxygen atoms in total. The molecule has 1 N–H and O–H groups in total. The van der Waals surface area contributed by atoms with E-state index in [9.17, 15) is 9.18 Å². The minimum atomic E-state index is -0.540. The summed E-state index contributed by atoms with van der Waals surface area (Å²) in [6.45, 7) is 5.53. The summed E-state index contributed by atoms with van der Waals surface area (Å²) in [5, 5.41) is 3.44. The highest BCUT2D eigenvalue weighted by Crippen LogP contribution is 2.27. The van der Waals surface area contributed by atoms with E-state index in [4.69, 9.17) is 4.74 Å². The summed E-state index contributed by atoms with van der Waals surface area (Å²) in [5.74, 6) is 1.65. The summed E-state index contributed by atoms with van der Waals surface area (Å²) in [6, 6.07) is 5.79. The first-order valence-electron chi connectivity index (χ1n) is 8.05. The van der Waals surface area contributed by atoms with Crippen LogP contribution in [0, 0.1) is 17.7 Å². The molecule has 0 aromatic heterocycles. The van der Waals surface area contributed by atoms with Gasteiger partial charge in [0.2, 0.25) is 0 Å². The first-order chi connectivity index (χ1) is 10.6. The number of amides is 1. The van der Waals surface area contributed by atoms with Gasteiger partial charge < -0.3 is 15.0 Å². The van der Waals surface area contributed by atoms with Crippen LogP contribution < -0.4 is 10.1 Å². The van der Waals surface area contributed by atoms with E-state index in [-0.39, 0.29) is 11.7 Å². The third-order valence-electron chi connectivity index (χ3n) is 4.81. The topological polar surface area (TPSA) is 41.6 Å². The zero-order valence-electron chi connectivity index (χ0n) is 12.9. The number of carbonyl (C=O) groups is 1. The lowest BCUT2D eigenvalue weighted by atomic mass is 9.92. The lowest BCUT2D eigenvalue weighted by molar-refractivity contribution is -0.137. The molecule has 0 saturated carbocycles. The maximum absolute atomic E-state index is 12.9. The van der Waals surface area contributed by atoms with Crippen LogP contribution >= 0.6 is 0 Å². The van der Waals surface area contributed by atoms with Gasteiger partial charge in [-0.25, -0.2) is 4.39 Å². The number of hydrogen-bond acceptors (Lipinski definition) is 3. The van der Waals surface area contributed by atoms with Crippen LogP contribution in [0.4, 0.5) is 4.39 Å². The van der Waals surface area contributed by atoms with E-state index in [1.165, 1.54) is 12.1 Å². The molecule has 2 saturated heterocycles. The van der Waals surface area contributed by atoms with Crippen molar-refractivity contribution in [3.8, 4) is 5.75 Å². The van der Waals surface area contributed by atoms with Gasteiger partial charge in [-0.1, -0.05) is 0 Å². The zero-order chi connectivity index (χ0) is 15.5. The van der Waals surface area contributed by atoms with Crippen molar-refractivity contribution in [1.82, 2.24) is 10.2 Å². The van der Waals surface area contributed by atoms with Crippen molar-refractivity contribution >= 4 is 5.91 Å². The largest absolute Gasteiger partial charge is 0.481 e. The number of carbonyl (C=O) groups excluding carboxylic acids is 1. The minimum absolute atomic E-state index is 0.0252. The number of fused-ring (bicyclic) bond motifs is 1. The number of hydrogen-bond donors (Lipinski definition) is 1. The smallest absolute Gasteiger partial charge is 0.263 e. The summed E-state index contributed by atoms with van der Waals surface area (Å²) < 4.78 is 18.5. The van der Waals surface area contributed by atoms with E-state index in [0.717, 1.165) is 39.0 Å². The van der Waals surface area contributed by atoms with Crippen LogP contribution in [0.5, 0.6) is 5.75 Å². The molecule has 22 heavy (non-hydrogen) atoms. The Morgan fingerprint density at radius 3 is 2.41 bits per heavy atom. The van der Waals surface area contributed by atoms with E-state index < -0.39 is 6.10 Å². The number of halogens is 1. The molecular formula is C17H23FN2O2. The summed E-state index contributed by atoms with van der Waals surface area (Å²) >= 11 is 0. The number of rotatable bonds is 3. The molecule has 3 atom stereocenters. The Kier molecular flexibility index (Phi) is 4.62. The quantitative estimate of drug-likeness (QED) is 0.929. The Balaban J connectivity index is 1.57. The second-order valence-corrected chi connectivity index (χ2v) is 6.30. The second-order valence-electron chi connectivity index (χ2n) is 6.30. The first kappa shape index (κ1) is 15.3. The number of ether oxygens (including phenoxy) is 1. The molecule has 0 bridgehead atoms. The fraction of sp³-hybridized carbons (Fsp3) is 0.588. The van der Waals surface area contributed by atoms with Crippen LogP contribution in [0.25, 0.3) is 0 Å². The number of nitrogens with zero attached hydrogens (tertiary/aromatic N) is 1. The molecule has 5 heteroatoms. The Hall–Kier alpha value is -1.62. The van der Waals surface area contributed by atoms with Crippen molar-refractivity contribution in [2.45, 2.75) is 25.9 Å². The van der Waals surface area contributed by atoms with Gasteiger partial charge >= 0.3 is 0 Å². The summed E-state index contributed by atoms with van der Waals surface area (Å²) in [4.78, 5) is 14.5. The summed E-state index contributed by atoms with van der Waals surface area (Å²) in [7, 11) is 0. The van der Waals surface area contributed by atoms with Gasteiger partial charge in [-0.05, 0) is 69.0 Å². The Labute approximate surface area is 130 Å². The van der Waals surface area contributed by atoms with Crippen molar-refractivity contribution in [1.29, 1.82) is 0 Å². The van der Waals surface area contributed by atoms with Crippen LogP contribution in [0.2, 0.25) is 0 Å². The molecule has 0 aliphatic carbocycles.